The van der Waals surface area contributed by atoms with Crippen LogP contribution in [0.4, 0.5) is 26.3 Å². The highest BCUT2D eigenvalue weighted by Gasteiger charge is 2.77. The van der Waals surface area contributed by atoms with Crippen LogP contribution in [0, 0.1) is 35.5 Å². The third-order valence-electron chi connectivity index (χ3n) is 13.8. The van der Waals surface area contributed by atoms with Gasteiger partial charge in [0.1, 0.15) is 5.69 Å². The summed E-state index contributed by atoms with van der Waals surface area (Å²) in [5.74, 6) is -9.33. The number of ether oxygens (including phenoxy) is 6. The van der Waals surface area contributed by atoms with E-state index in [1.54, 1.807) is 13.8 Å². The summed E-state index contributed by atoms with van der Waals surface area (Å²) in [5.41, 5.74) is -2.31. The predicted octanol–water partition coefficient (Wildman–Crippen LogP) is 6.77. The largest absolute Gasteiger partial charge is 0.456 e. The maximum absolute atomic E-state index is 15.1. The molecule has 0 aromatic carbocycles. The number of alkyl halides is 6. The van der Waals surface area contributed by atoms with Crippen molar-refractivity contribution in [2.75, 3.05) is 13.2 Å². The molecule has 19 heteroatoms. The molecule has 308 valence electrons. The molecule has 11 rings (SSSR count). The topological polar surface area (TPSA) is 123 Å². The number of hydrogen-bond donors (Lipinski definition) is 0. The molecule has 13 nitrogen and oxygen atoms in total. The molecule has 2 saturated carbocycles. The van der Waals surface area contributed by atoms with Gasteiger partial charge in [-0.15, -0.1) is 5.10 Å². The van der Waals surface area contributed by atoms with Gasteiger partial charge in [0.15, 0.2) is 17.5 Å². The van der Waals surface area contributed by atoms with E-state index in [4.69, 9.17) is 48.0 Å². The van der Waals surface area contributed by atoms with Crippen molar-refractivity contribution in [1.82, 2.24) is 15.0 Å². The van der Waals surface area contributed by atoms with Crippen LogP contribution in [0.25, 0.3) is 0 Å². The number of halogens is 6. The Morgan fingerprint density at radius 3 is 2.29 bits per heavy atom. The van der Waals surface area contributed by atoms with E-state index in [1.165, 1.54) is 17.8 Å². The maximum atomic E-state index is 15.1. The van der Waals surface area contributed by atoms with Crippen LogP contribution in [-0.2, 0) is 61.1 Å². The summed E-state index contributed by atoms with van der Waals surface area (Å²) in [6, 6.07) is 0. The van der Waals surface area contributed by atoms with Gasteiger partial charge >= 0.3 is 12.4 Å². The van der Waals surface area contributed by atoms with Gasteiger partial charge in [0, 0.05) is 42.1 Å². The van der Waals surface area contributed by atoms with Gasteiger partial charge in [0.2, 0.25) is 23.6 Å². The minimum Gasteiger partial charge on any atom is -0.456 e. The molecule has 9 fully saturated rings. The Morgan fingerprint density at radius 2 is 1.55 bits per heavy atom. The first-order chi connectivity index (χ1) is 25.9. The molecule has 2 unspecified atom stereocenters. The van der Waals surface area contributed by atoms with Gasteiger partial charge in [-0.2, -0.15) is 26.3 Å². The highest BCUT2D eigenvalue weighted by Crippen LogP contribution is 2.64. The number of fused-ring (bicyclic) bond motifs is 4. The number of hydrogen-bond acceptors (Lipinski definition) is 12. The molecule has 8 aliphatic heterocycles. The summed E-state index contributed by atoms with van der Waals surface area (Å²) in [7, 11) is 0. The summed E-state index contributed by atoms with van der Waals surface area (Å²) in [4.78, 5) is 23.3. The van der Waals surface area contributed by atoms with Crippen molar-refractivity contribution in [2.24, 2.45) is 35.5 Å². The standard InChI is InChI=1S/C36H47F6N3O10/c1-19-8-9-26-23(27(35(37,38)39)48-28-33(26)24(19)11-13-31(4,49-28)53-55-33)18-46-17-22-16-45(44-43-22)14-15-47-34(36(40,41)42)20(2)25-7-5-6-21-10-12-30(3)50-29(51-34)32(21,25)54-52-30/h16,19-21,24-26,28-29H,5-15,17-18H2,1-4H3/t19-,20-,21?,24?,25+,26+,28-,29+,30+,31+,32-,33-,34-/m1/s1. The molecule has 4 bridgehead atoms. The van der Waals surface area contributed by atoms with E-state index >= 15 is 13.2 Å². The van der Waals surface area contributed by atoms with Crippen LogP contribution in [0.1, 0.15) is 91.2 Å². The average Bonchev–Trinajstić information content (AvgIpc) is 3.28. The zero-order valence-electron chi connectivity index (χ0n) is 31.1. The van der Waals surface area contributed by atoms with Crippen molar-refractivity contribution in [3.8, 4) is 0 Å². The molecule has 7 saturated heterocycles. The molecule has 0 N–H and O–H groups in total. The molecule has 0 amide bonds. The Labute approximate surface area is 313 Å². The lowest BCUT2D eigenvalue weighted by atomic mass is 9.59. The number of rotatable bonds is 8. The van der Waals surface area contributed by atoms with Gasteiger partial charge in [-0.3, -0.25) is 0 Å². The molecule has 2 spiro atoms. The third-order valence-corrected chi connectivity index (χ3v) is 13.8. The molecule has 2 aliphatic carbocycles. The molecular formula is C36H47F6N3O10. The number of aromatic nitrogens is 3. The van der Waals surface area contributed by atoms with E-state index in [0.29, 0.717) is 44.9 Å². The van der Waals surface area contributed by atoms with Gasteiger partial charge in [0.25, 0.3) is 5.79 Å². The van der Waals surface area contributed by atoms with Crippen molar-refractivity contribution in [2.45, 2.75) is 152 Å². The molecular weight excluding hydrogens is 748 g/mol. The molecule has 10 aliphatic rings. The van der Waals surface area contributed by atoms with Crippen LogP contribution in [0.5, 0.6) is 0 Å². The van der Waals surface area contributed by atoms with Crippen LogP contribution < -0.4 is 0 Å². The van der Waals surface area contributed by atoms with E-state index < -0.39 is 90.2 Å². The Bertz CT molecular complexity index is 1680. The first-order valence-electron chi connectivity index (χ1n) is 19.3. The van der Waals surface area contributed by atoms with Gasteiger partial charge < -0.3 is 28.4 Å². The van der Waals surface area contributed by atoms with Crippen molar-refractivity contribution >= 4 is 0 Å². The molecule has 13 atom stereocenters. The number of allylic oxidation sites excluding steroid dienone is 1. The minimum atomic E-state index is -4.93. The minimum absolute atomic E-state index is 0.0962. The predicted molar refractivity (Wildman–Crippen MR) is 170 cm³/mol. The van der Waals surface area contributed by atoms with Gasteiger partial charge in [-0.25, -0.2) is 24.2 Å². The number of nitrogens with zero attached hydrogens (tertiary/aromatic N) is 3. The normalized spacial score (nSPS) is 46.4. The molecule has 1 aromatic heterocycles. The van der Waals surface area contributed by atoms with Crippen LogP contribution >= 0.6 is 0 Å². The first-order valence-corrected chi connectivity index (χ1v) is 19.3. The van der Waals surface area contributed by atoms with E-state index in [2.05, 4.69) is 17.2 Å². The summed E-state index contributed by atoms with van der Waals surface area (Å²) >= 11 is 0. The fraction of sp³-hybridized carbons (Fsp3) is 0.889. The zero-order valence-corrected chi connectivity index (χ0v) is 31.1. The Balaban J connectivity index is 0.884. The van der Waals surface area contributed by atoms with Crippen molar-refractivity contribution in [3.63, 3.8) is 0 Å². The lowest BCUT2D eigenvalue weighted by Crippen LogP contribution is -2.75. The summed E-state index contributed by atoms with van der Waals surface area (Å²) in [5, 5.41) is 8.04. The second-order valence-corrected chi connectivity index (χ2v) is 17.1. The van der Waals surface area contributed by atoms with Crippen LogP contribution in [0.15, 0.2) is 17.5 Å². The van der Waals surface area contributed by atoms with E-state index in [0.717, 1.165) is 12.8 Å². The Kier molecular flexibility index (Phi) is 9.05. The van der Waals surface area contributed by atoms with Crippen LogP contribution in [0.2, 0.25) is 0 Å². The molecule has 0 radical (unpaired) electrons. The van der Waals surface area contributed by atoms with Gasteiger partial charge in [0.05, 0.1) is 32.6 Å². The molecule has 1 aromatic rings. The lowest BCUT2D eigenvalue weighted by molar-refractivity contribution is -0.597. The van der Waals surface area contributed by atoms with Crippen molar-refractivity contribution in [3.05, 3.63) is 23.2 Å². The van der Waals surface area contributed by atoms with Crippen molar-refractivity contribution in [1.29, 1.82) is 0 Å². The fourth-order valence-corrected chi connectivity index (χ4v) is 11.1. The highest BCUT2D eigenvalue weighted by atomic mass is 19.4. The van der Waals surface area contributed by atoms with Gasteiger partial charge in [-0.1, -0.05) is 25.5 Å². The second kappa shape index (κ2) is 12.9. The Morgan fingerprint density at radius 1 is 0.818 bits per heavy atom. The van der Waals surface area contributed by atoms with E-state index in [1.807, 2.05) is 0 Å². The van der Waals surface area contributed by atoms with Gasteiger partial charge in [-0.05, 0) is 64.2 Å². The summed E-state index contributed by atoms with van der Waals surface area (Å²) < 4.78 is 125. The van der Waals surface area contributed by atoms with E-state index in [9.17, 15) is 13.2 Å². The maximum Gasteiger partial charge on any atom is 0.449 e. The highest BCUT2D eigenvalue weighted by molar-refractivity contribution is 5.28. The molecule has 55 heavy (non-hydrogen) atoms. The monoisotopic (exact) mass is 795 g/mol. The van der Waals surface area contributed by atoms with E-state index in [-0.39, 0.29) is 42.2 Å². The summed E-state index contributed by atoms with van der Waals surface area (Å²) in [6.07, 6.45) is -5.80. The SMILES string of the molecule is C[C@@H]1CC[C@H]2C(COCc3cn(CCO[C@@]4(C(F)(F)F)O[C@@H]5O[C@]6(C)CCC7CCC[C@@H]([C@H]4C)[C@]75OO6)nn3)=C(C(F)(F)F)O[C@@H]3O[C@]4(C)CCC1[C@]32OO4. The quantitative estimate of drug-likeness (QED) is 0.204. The summed E-state index contributed by atoms with van der Waals surface area (Å²) in [6.45, 7) is 5.51. The lowest BCUT2D eigenvalue weighted by Gasteiger charge is -2.61. The fourth-order valence-electron chi connectivity index (χ4n) is 11.1. The zero-order chi connectivity index (χ0) is 38.8. The smallest absolute Gasteiger partial charge is 0.449 e. The molecule has 9 heterocycles. The average molecular weight is 796 g/mol. The first kappa shape index (κ1) is 38.4. The van der Waals surface area contributed by atoms with Crippen LogP contribution in [-0.4, -0.2) is 81.7 Å². The second-order valence-electron chi connectivity index (χ2n) is 17.1. The third kappa shape index (κ3) is 5.83. The van der Waals surface area contributed by atoms with Crippen LogP contribution in [0.3, 0.4) is 0 Å². The van der Waals surface area contributed by atoms with Crippen molar-refractivity contribution < 1.29 is 74.3 Å². The Hall–Kier alpha value is -2.10.